The predicted molar refractivity (Wildman–Crippen MR) is 123 cm³/mol. The molecule has 3 aromatic rings. The van der Waals surface area contributed by atoms with Gasteiger partial charge in [0, 0.05) is 21.5 Å². The van der Waals surface area contributed by atoms with Gasteiger partial charge in [-0.2, -0.15) is 0 Å². The van der Waals surface area contributed by atoms with Gasteiger partial charge in [-0.15, -0.1) is 11.3 Å². The SMILES string of the molecule is COc1cc(/C=C/C(=O)Nc2nc(-c3ccc(Cl)cc3)c(C)s2)ccc1OCC(N)=O. The number of amides is 2. The van der Waals surface area contributed by atoms with Crippen LogP contribution < -0.4 is 20.5 Å². The summed E-state index contributed by atoms with van der Waals surface area (Å²) in [5, 5.41) is 3.93. The monoisotopic (exact) mass is 457 g/mol. The predicted octanol–water partition coefficient (Wildman–Crippen LogP) is 4.30. The first kappa shape index (κ1) is 22.3. The average Bonchev–Trinajstić information content (AvgIpc) is 3.11. The molecular weight excluding hydrogens is 438 g/mol. The number of carbonyl (C=O) groups excluding carboxylic acids is 2. The lowest BCUT2D eigenvalue weighted by molar-refractivity contribution is -0.120. The highest BCUT2D eigenvalue weighted by atomic mass is 35.5. The van der Waals surface area contributed by atoms with E-state index in [1.165, 1.54) is 24.5 Å². The number of hydrogen-bond donors (Lipinski definition) is 2. The fraction of sp³-hybridized carbons (Fsp3) is 0.136. The van der Waals surface area contributed by atoms with Crippen molar-refractivity contribution in [3.8, 4) is 22.8 Å². The van der Waals surface area contributed by atoms with Gasteiger partial charge in [0.15, 0.2) is 23.2 Å². The van der Waals surface area contributed by atoms with E-state index in [4.69, 9.17) is 26.8 Å². The van der Waals surface area contributed by atoms with Crippen molar-refractivity contribution in [3.05, 3.63) is 64.0 Å². The molecule has 0 aliphatic rings. The Morgan fingerprint density at radius 1 is 1.19 bits per heavy atom. The molecule has 9 heteroatoms. The number of aromatic nitrogens is 1. The Kier molecular flexibility index (Phi) is 7.28. The van der Waals surface area contributed by atoms with Gasteiger partial charge in [0.25, 0.3) is 5.91 Å². The Hall–Kier alpha value is -3.36. The second-order valence-corrected chi connectivity index (χ2v) is 8.06. The number of carbonyl (C=O) groups is 2. The Morgan fingerprint density at radius 3 is 2.61 bits per heavy atom. The topological polar surface area (TPSA) is 104 Å². The highest BCUT2D eigenvalue weighted by molar-refractivity contribution is 7.16. The lowest BCUT2D eigenvalue weighted by Crippen LogP contribution is -2.20. The molecular formula is C22H20ClN3O4S. The quantitative estimate of drug-likeness (QED) is 0.491. The molecule has 31 heavy (non-hydrogen) atoms. The van der Waals surface area contributed by atoms with Crippen molar-refractivity contribution in [2.24, 2.45) is 5.73 Å². The highest BCUT2D eigenvalue weighted by Crippen LogP contribution is 2.31. The molecule has 2 aromatic carbocycles. The van der Waals surface area contributed by atoms with Crippen LogP contribution in [0.1, 0.15) is 10.4 Å². The normalized spacial score (nSPS) is 10.8. The first-order valence-electron chi connectivity index (χ1n) is 9.17. The summed E-state index contributed by atoms with van der Waals surface area (Å²) in [5.74, 6) is -0.0911. The smallest absolute Gasteiger partial charge is 0.255 e. The van der Waals surface area contributed by atoms with Crippen LogP contribution in [0.3, 0.4) is 0 Å². The second-order valence-electron chi connectivity index (χ2n) is 6.42. The van der Waals surface area contributed by atoms with Gasteiger partial charge in [-0.25, -0.2) is 4.98 Å². The molecule has 1 heterocycles. The number of nitrogens with two attached hydrogens (primary N) is 1. The molecule has 0 spiro atoms. The summed E-state index contributed by atoms with van der Waals surface area (Å²) >= 11 is 7.33. The minimum Gasteiger partial charge on any atom is -0.493 e. The van der Waals surface area contributed by atoms with E-state index in [1.54, 1.807) is 36.4 Å². The van der Waals surface area contributed by atoms with Gasteiger partial charge in [-0.05, 0) is 42.8 Å². The molecule has 160 valence electrons. The van der Waals surface area contributed by atoms with Gasteiger partial charge in [-0.1, -0.05) is 29.8 Å². The summed E-state index contributed by atoms with van der Waals surface area (Å²) in [6.07, 6.45) is 3.04. The van der Waals surface area contributed by atoms with Crippen molar-refractivity contribution in [2.45, 2.75) is 6.92 Å². The number of ether oxygens (including phenoxy) is 2. The maximum Gasteiger partial charge on any atom is 0.255 e. The Labute approximate surface area is 188 Å². The minimum atomic E-state index is -0.584. The zero-order valence-corrected chi connectivity index (χ0v) is 18.4. The molecule has 0 atom stereocenters. The summed E-state index contributed by atoms with van der Waals surface area (Å²) in [6.45, 7) is 1.69. The molecule has 2 amide bonds. The first-order valence-corrected chi connectivity index (χ1v) is 10.4. The largest absolute Gasteiger partial charge is 0.493 e. The molecule has 3 rings (SSSR count). The van der Waals surface area contributed by atoms with Gasteiger partial charge in [0.05, 0.1) is 12.8 Å². The van der Waals surface area contributed by atoms with Crippen LogP contribution >= 0.6 is 22.9 Å². The fourth-order valence-corrected chi connectivity index (χ4v) is 3.67. The van der Waals surface area contributed by atoms with Crippen molar-refractivity contribution < 1.29 is 19.1 Å². The zero-order chi connectivity index (χ0) is 22.4. The lowest BCUT2D eigenvalue weighted by atomic mass is 10.1. The van der Waals surface area contributed by atoms with Crippen LogP contribution in [0, 0.1) is 6.92 Å². The van der Waals surface area contributed by atoms with E-state index in [9.17, 15) is 9.59 Å². The average molecular weight is 458 g/mol. The van der Waals surface area contributed by atoms with Crippen LogP contribution in [0.25, 0.3) is 17.3 Å². The van der Waals surface area contributed by atoms with Crippen molar-refractivity contribution >= 4 is 46.0 Å². The van der Waals surface area contributed by atoms with Crippen LogP contribution in [-0.2, 0) is 9.59 Å². The van der Waals surface area contributed by atoms with E-state index in [2.05, 4.69) is 10.3 Å². The third kappa shape index (κ3) is 6.07. The summed E-state index contributed by atoms with van der Waals surface area (Å²) in [7, 11) is 1.48. The third-order valence-corrected chi connectivity index (χ3v) is 5.27. The Bertz CT molecular complexity index is 1130. The number of nitrogens with zero attached hydrogens (tertiary/aromatic N) is 1. The molecule has 7 nitrogen and oxygen atoms in total. The maximum absolute atomic E-state index is 12.3. The Balaban J connectivity index is 1.67. The van der Waals surface area contributed by atoms with Crippen LogP contribution in [-0.4, -0.2) is 30.5 Å². The number of primary amides is 1. The van der Waals surface area contributed by atoms with Crippen molar-refractivity contribution in [3.63, 3.8) is 0 Å². The van der Waals surface area contributed by atoms with E-state index in [1.807, 2.05) is 19.1 Å². The second kappa shape index (κ2) is 10.1. The maximum atomic E-state index is 12.3. The van der Waals surface area contributed by atoms with Gasteiger partial charge in [0.2, 0.25) is 5.91 Å². The van der Waals surface area contributed by atoms with Crippen molar-refractivity contribution in [2.75, 3.05) is 19.0 Å². The summed E-state index contributed by atoms with van der Waals surface area (Å²) < 4.78 is 10.5. The number of methoxy groups -OCH3 is 1. The number of hydrogen-bond acceptors (Lipinski definition) is 6. The number of thiazole rings is 1. The molecule has 0 fully saturated rings. The van der Waals surface area contributed by atoms with E-state index < -0.39 is 5.91 Å². The molecule has 3 N–H and O–H groups in total. The van der Waals surface area contributed by atoms with E-state index >= 15 is 0 Å². The lowest BCUT2D eigenvalue weighted by Gasteiger charge is -2.09. The third-order valence-electron chi connectivity index (χ3n) is 4.13. The molecule has 0 aliphatic carbocycles. The minimum absolute atomic E-state index is 0.251. The molecule has 0 unspecified atom stereocenters. The van der Waals surface area contributed by atoms with Crippen molar-refractivity contribution in [1.82, 2.24) is 4.98 Å². The van der Waals surface area contributed by atoms with Gasteiger partial charge in [0.1, 0.15) is 0 Å². The molecule has 0 bridgehead atoms. The van der Waals surface area contributed by atoms with Crippen LogP contribution in [0.2, 0.25) is 5.02 Å². The first-order chi connectivity index (χ1) is 14.9. The summed E-state index contributed by atoms with van der Waals surface area (Å²) in [5.41, 5.74) is 7.54. The van der Waals surface area contributed by atoms with Gasteiger partial charge in [-0.3, -0.25) is 14.9 Å². The standard InChI is InChI=1S/C22H20ClN3O4S/c1-13-21(15-5-7-16(23)8-6-15)26-22(31-13)25-20(28)10-4-14-3-9-17(18(11-14)29-2)30-12-19(24)27/h3-11H,12H2,1-2H3,(H2,24,27)(H,25,26,28)/b10-4+. The van der Waals surface area contributed by atoms with Crippen LogP contribution in [0.5, 0.6) is 11.5 Å². The number of benzene rings is 2. The van der Waals surface area contributed by atoms with Crippen LogP contribution in [0.4, 0.5) is 5.13 Å². The molecule has 0 saturated carbocycles. The summed E-state index contributed by atoms with van der Waals surface area (Å²) in [6, 6.07) is 12.4. The summed E-state index contributed by atoms with van der Waals surface area (Å²) in [4.78, 5) is 28.7. The Morgan fingerprint density at radius 2 is 1.94 bits per heavy atom. The highest BCUT2D eigenvalue weighted by Gasteiger charge is 2.11. The molecule has 0 saturated heterocycles. The molecule has 1 aromatic heterocycles. The fourth-order valence-electron chi connectivity index (χ4n) is 2.70. The molecule has 0 aliphatic heterocycles. The number of anilines is 1. The van der Waals surface area contributed by atoms with Crippen molar-refractivity contribution in [1.29, 1.82) is 0 Å². The number of nitrogens with one attached hydrogen (secondary N) is 1. The number of halogens is 1. The van der Waals surface area contributed by atoms with E-state index in [0.29, 0.717) is 21.7 Å². The van der Waals surface area contributed by atoms with Gasteiger partial charge >= 0.3 is 0 Å². The number of rotatable bonds is 8. The van der Waals surface area contributed by atoms with Gasteiger partial charge < -0.3 is 15.2 Å². The zero-order valence-electron chi connectivity index (χ0n) is 16.8. The number of aryl methyl sites for hydroxylation is 1. The van der Waals surface area contributed by atoms with E-state index in [0.717, 1.165) is 21.7 Å². The van der Waals surface area contributed by atoms with E-state index in [-0.39, 0.29) is 12.5 Å². The molecule has 0 radical (unpaired) electrons. The van der Waals surface area contributed by atoms with Crippen LogP contribution in [0.15, 0.2) is 48.5 Å².